The molecule has 0 aliphatic rings. The summed E-state index contributed by atoms with van der Waals surface area (Å²) in [6, 6.07) is 0. The zero-order chi connectivity index (χ0) is 11.3. The second kappa shape index (κ2) is 15.8. The topological polar surface area (TPSA) is 40.5 Å². The van der Waals surface area contributed by atoms with E-state index in [-0.39, 0.29) is 6.61 Å². The van der Waals surface area contributed by atoms with E-state index in [4.69, 9.17) is 27.2 Å². The maximum atomic E-state index is 8.40. The molecule has 0 aliphatic carbocycles. The van der Waals surface area contributed by atoms with Crippen LogP contribution in [0.5, 0.6) is 0 Å². The van der Waals surface area contributed by atoms with Crippen molar-refractivity contribution < 1.29 is 31.1 Å². The van der Waals surface area contributed by atoms with Crippen molar-refractivity contribution in [2.75, 3.05) is 13.2 Å². The number of aliphatic hydroxyl groups is 2. The van der Waals surface area contributed by atoms with Gasteiger partial charge in [-0.05, 0) is 18.8 Å². The standard InChI is InChI=1S/C6H14O.C2H6O.2ClH.Zr/c1-6(2,3)4-5-7;1-2-3;;;/h7H,4-5H2,1-3H3;3H,2H2,1H3;2*1H;/q;;;;+2/p-2. The van der Waals surface area contributed by atoms with Crippen molar-refractivity contribution >= 4 is 17.0 Å². The van der Waals surface area contributed by atoms with Crippen LogP contribution < -0.4 is 0 Å². The fourth-order valence-corrected chi connectivity index (χ4v) is 0.335. The summed E-state index contributed by atoms with van der Waals surface area (Å²) in [5.41, 5.74) is 0.300. The number of rotatable bonds is 1. The van der Waals surface area contributed by atoms with Crippen molar-refractivity contribution in [1.82, 2.24) is 0 Å². The number of aliphatic hydroxyl groups excluding tert-OH is 2. The van der Waals surface area contributed by atoms with Gasteiger partial charge in [0.25, 0.3) is 0 Å². The molecule has 0 aromatic carbocycles. The molecule has 0 aromatic rings. The van der Waals surface area contributed by atoms with Crippen LogP contribution in [0.4, 0.5) is 0 Å². The number of hydrogen-bond donors (Lipinski definition) is 2. The second-order valence-corrected chi connectivity index (χ2v) is 7.15. The van der Waals surface area contributed by atoms with E-state index in [1.807, 2.05) is 0 Å². The molecule has 0 fully saturated rings. The van der Waals surface area contributed by atoms with Crippen molar-refractivity contribution in [3.63, 3.8) is 0 Å². The molecule has 0 heterocycles. The first-order valence-corrected chi connectivity index (χ1v) is 10.4. The molecule has 0 saturated carbocycles. The van der Waals surface area contributed by atoms with Crippen LogP contribution in [0.25, 0.3) is 0 Å². The Hall–Kier alpha value is 1.38. The Morgan fingerprint density at radius 1 is 1.15 bits per heavy atom. The van der Waals surface area contributed by atoms with Gasteiger partial charge < -0.3 is 10.2 Å². The average molecular weight is 310 g/mol. The van der Waals surface area contributed by atoms with Crippen molar-refractivity contribution in [2.45, 2.75) is 34.1 Å². The quantitative estimate of drug-likeness (QED) is 0.782. The molecule has 82 valence electrons. The first kappa shape index (κ1) is 19.9. The molecule has 2 N–H and O–H groups in total. The van der Waals surface area contributed by atoms with Crippen LogP contribution in [-0.4, -0.2) is 23.4 Å². The van der Waals surface area contributed by atoms with Gasteiger partial charge >= 0.3 is 37.9 Å². The molecule has 0 amide bonds. The molecular formula is C8H20Cl2O2Zr. The molecule has 5 heteroatoms. The Kier molecular flexibility index (Phi) is 24.2. The predicted octanol–water partition coefficient (Wildman–Crippen LogP) is 2.79. The molecule has 13 heavy (non-hydrogen) atoms. The van der Waals surface area contributed by atoms with Crippen molar-refractivity contribution in [2.24, 2.45) is 5.41 Å². The zero-order valence-corrected chi connectivity index (χ0v) is 12.7. The van der Waals surface area contributed by atoms with Gasteiger partial charge in [-0.25, -0.2) is 0 Å². The molecule has 0 saturated heterocycles. The SMILES string of the molecule is CC(C)(C)CCO.CCO.[Cl][Zr][Cl]. The summed E-state index contributed by atoms with van der Waals surface area (Å²) in [5, 5.41) is 16.0. The first-order valence-electron chi connectivity index (χ1n) is 4.07. The zero-order valence-electron chi connectivity index (χ0n) is 8.77. The molecule has 2 nitrogen and oxygen atoms in total. The van der Waals surface area contributed by atoms with E-state index in [0.29, 0.717) is 12.0 Å². The second-order valence-electron chi connectivity index (χ2n) is 3.42. The van der Waals surface area contributed by atoms with Crippen molar-refractivity contribution in [3.8, 4) is 0 Å². The molecule has 0 unspecified atom stereocenters. The molecule has 0 bridgehead atoms. The van der Waals surface area contributed by atoms with E-state index in [2.05, 4.69) is 20.8 Å². The minimum atomic E-state index is -0.826. The third kappa shape index (κ3) is 59.8. The van der Waals surface area contributed by atoms with Gasteiger partial charge in [0, 0.05) is 13.2 Å². The Balaban J connectivity index is -0.000000140. The molecule has 0 spiro atoms. The summed E-state index contributed by atoms with van der Waals surface area (Å²) >= 11 is -0.826. The Labute approximate surface area is 100 Å². The van der Waals surface area contributed by atoms with E-state index in [0.717, 1.165) is 6.42 Å². The van der Waals surface area contributed by atoms with Gasteiger partial charge in [-0.3, -0.25) is 0 Å². The van der Waals surface area contributed by atoms with E-state index in [9.17, 15) is 0 Å². The molecule has 0 radical (unpaired) electrons. The molecule has 0 rings (SSSR count). The van der Waals surface area contributed by atoms with Crippen molar-refractivity contribution in [3.05, 3.63) is 0 Å². The van der Waals surface area contributed by atoms with Gasteiger partial charge in [0.1, 0.15) is 0 Å². The summed E-state index contributed by atoms with van der Waals surface area (Å²) in [5.74, 6) is 0. The van der Waals surface area contributed by atoms with Gasteiger partial charge in [0.05, 0.1) is 0 Å². The monoisotopic (exact) mass is 308 g/mol. The Morgan fingerprint density at radius 2 is 1.38 bits per heavy atom. The summed E-state index contributed by atoms with van der Waals surface area (Å²) in [6.45, 7) is 8.58. The van der Waals surface area contributed by atoms with Crippen LogP contribution in [0.3, 0.4) is 0 Å². The fraction of sp³-hybridized carbons (Fsp3) is 1.00. The van der Waals surface area contributed by atoms with Gasteiger partial charge in [-0.1, -0.05) is 20.8 Å². The van der Waals surface area contributed by atoms with Crippen LogP contribution in [0, 0.1) is 5.41 Å². The van der Waals surface area contributed by atoms with Gasteiger partial charge in [0.15, 0.2) is 0 Å². The van der Waals surface area contributed by atoms with E-state index in [1.165, 1.54) is 0 Å². The summed E-state index contributed by atoms with van der Waals surface area (Å²) in [4.78, 5) is 0. The molecule has 0 atom stereocenters. The Morgan fingerprint density at radius 3 is 1.38 bits per heavy atom. The third-order valence-corrected chi connectivity index (χ3v) is 0.862. The normalized spacial score (nSPS) is 8.92. The van der Waals surface area contributed by atoms with Crippen LogP contribution in [0.1, 0.15) is 34.1 Å². The van der Waals surface area contributed by atoms with Crippen LogP contribution in [0.2, 0.25) is 0 Å². The number of hydrogen-bond acceptors (Lipinski definition) is 2. The summed E-state index contributed by atoms with van der Waals surface area (Å²) < 4.78 is 0. The molecular weight excluding hydrogens is 290 g/mol. The van der Waals surface area contributed by atoms with Crippen LogP contribution in [0.15, 0.2) is 0 Å². The fourth-order valence-electron chi connectivity index (χ4n) is 0.335. The molecule has 0 aromatic heterocycles. The predicted molar refractivity (Wildman–Crippen MR) is 55.6 cm³/mol. The summed E-state index contributed by atoms with van der Waals surface area (Å²) in [6.07, 6.45) is 0.896. The summed E-state index contributed by atoms with van der Waals surface area (Å²) in [7, 11) is 9.87. The Bertz CT molecular complexity index is 75.0. The van der Waals surface area contributed by atoms with E-state index >= 15 is 0 Å². The molecule has 0 aliphatic heterocycles. The van der Waals surface area contributed by atoms with Gasteiger partial charge in [-0.2, -0.15) is 0 Å². The minimum absolute atomic E-state index is 0.250. The van der Waals surface area contributed by atoms with Gasteiger partial charge in [-0.15, -0.1) is 0 Å². The van der Waals surface area contributed by atoms with E-state index in [1.54, 1.807) is 6.92 Å². The van der Waals surface area contributed by atoms with Crippen molar-refractivity contribution in [1.29, 1.82) is 0 Å². The maximum absolute atomic E-state index is 8.40. The number of halogens is 2. The van der Waals surface area contributed by atoms with E-state index < -0.39 is 20.8 Å². The first-order chi connectivity index (χ1) is 5.89. The van der Waals surface area contributed by atoms with Crippen LogP contribution in [-0.2, 0) is 20.8 Å². The third-order valence-electron chi connectivity index (χ3n) is 0.862. The van der Waals surface area contributed by atoms with Gasteiger partial charge in [0.2, 0.25) is 0 Å². The average Bonchev–Trinajstić information content (AvgIpc) is 1.87. The van der Waals surface area contributed by atoms with Crippen LogP contribution >= 0.6 is 17.0 Å².